The highest BCUT2D eigenvalue weighted by atomic mass is 16.5. The molecule has 0 heterocycles. The maximum Gasteiger partial charge on any atom is 0.254 e. The van der Waals surface area contributed by atoms with E-state index in [-0.39, 0.29) is 6.10 Å². The van der Waals surface area contributed by atoms with Crippen molar-refractivity contribution >= 4 is 5.91 Å². The third kappa shape index (κ3) is 3.33. The molecule has 0 saturated carbocycles. The number of unbranched alkanes of at least 4 members (excludes halogenated alkanes) is 1. The molecule has 3 heteroatoms. The zero-order chi connectivity index (χ0) is 13.6. The Balaban J connectivity index is 3.15. The number of rotatable bonds is 7. The first kappa shape index (κ1) is 14.7. The molecule has 0 saturated heterocycles. The van der Waals surface area contributed by atoms with E-state index in [4.69, 9.17) is 10.5 Å². The molecule has 18 heavy (non-hydrogen) atoms. The number of amides is 1. The fraction of sp³-hybridized carbons (Fsp3) is 0.467. The van der Waals surface area contributed by atoms with E-state index >= 15 is 0 Å². The zero-order valence-corrected chi connectivity index (χ0v) is 11.2. The first-order valence-corrected chi connectivity index (χ1v) is 6.35. The van der Waals surface area contributed by atoms with Crippen molar-refractivity contribution in [1.29, 1.82) is 0 Å². The number of nitrogens with two attached hydrogens (primary N) is 1. The molecule has 1 aromatic carbocycles. The van der Waals surface area contributed by atoms with Crippen LogP contribution in [0.15, 0.2) is 30.3 Å². The van der Waals surface area contributed by atoms with Crippen molar-refractivity contribution in [3.63, 3.8) is 0 Å². The highest BCUT2D eigenvalue weighted by molar-refractivity contribution is 5.85. The molecule has 0 aromatic heterocycles. The monoisotopic (exact) mass is 248 g/mol. The van der Waals surface area contributed by atoms with Crippen LogP contribution in [0.4, 0.5) is 0 Å². The Hall–Kier alpha value is -1.35. The van der Waals surface area contributed by atoms with E-state index in [2.05, 4.69) is 6.92 Å². The maximum atomic E-state index is 11.9. The van der Waals surface area contributed by atoms with Crippen molar-refractivity contribution in [1.82, 2.24) is 0 Å². The fourth-order valence-corrected chi connectivity index (χ4v) is 2.08. The average molecular weight is 248 g/mol. The van der Waals surface area contributed by atoms with Gasteiger partial charge in [0.25, 0.3) is 5.91 Å². The second-order valence-corrected chi connectivity index (χ2v) is 4.68. The standard InChI is InChI=1S/C15H22NO2/c1-4-5-11-15(14(16)17,18-12(2)3)13-9-7-6-8-10-13/h6-10,12H,1,4-5,11H2,2-3H3,(H2,16,17). The summed E-state index contributed by atoms with van der Waals surface area (Å²) in [4.78, 5) is 11.9. The largest absolute Gasteiger partial charge is 0.367 e. The van der Waals surface area contributed by atoms with Crippen LogP contribution in [0.2, 0.25) is 0 Å². The van der Waals surface area contributed by atoms with Crippen LogP contribution in [0.1, 0.15) is 38.7 Å². The van der Waals surface area contributed by atoms with Crippen LogP contribution in [0.3, 0.4) is 0 Å². The molecular formula is C15H22NO2. The van der Waals surface area contributed by atoms with E-state index in [1.165, 1.54) is 0 Å². The van der Waals surface area contributed by atoms with Crippen molar-refractivity contribution in [2.24, 2.45) is 5.73 Å². The molecule has 0 aliphatic rings. The van der Waals surface area contributed by atoms with Gasteiger partial charge in [0.05, 0.1) is 6.10 Å². The predicted octanol–water partition coefficient (Wildman–Crippen LogP) is 2.80. The molecular weight excluding hydrogens is 226 g/mol. The number of carbonyl (C=O) groups excluding carboxylic acids is 1. The van der Waals surface area contributed by atoms with Gasteiger partial charge in [0.1, 0.15) is 0 Å². The van der Waals surface area contributed by atoms with Crippen LogP contribution in [0.25, 0.3) is 0 Å². The summed E-state index contributed by atoms with van der Waals surface area (Å²) in [6.07, 6.45) is 2.05. The van der Waals surface area contributed by atoms with E-state index in [1.54, 1.807) is 0 Å². The van der Waals surface area contributed by atoms with Gasteiger partial charge in [-0.05, 0) is 32.3 Å². The summed E-state index contributed by atoms with van der Waals surface area (Å²) in [5.41, 5.74) is 5.39. The molecule has 0 fully saturated rings. The minimum atomic E-state index is -1.03. The van der Waals surface area contributed by atoms with Crippen molar-refractivity contribution in [3.05, 3.63) is 42.8 Å². The van der Waals surface area contributed by atoms with Crippen molar-refractivity contribution < 1.29 is 9.53 Å². The molecule has 2 N–H and O–H groups in total. The molecule has 1 amide bonds. The Bertz CT molecular complexity index is 375. The molecule has 1 unspecified atom stereocenters. The molecule has 0 aliphatic carbocycles. The SMILES string of the molecule is [CH2]CCCC(OC(C)C)(C(N)=O)c1ccccc1. The Morgan fingerprint density at radius 1 is 1.39 bits per heavy atom. The van der Waals surface area contributed by atoms with Crippen LogP contribution >= 0.6 is 0 Å². The number of hydrogen-bond acceptors (Lipinski definition) is 2. The number of primary amides is 1. The summed E-state index contributed by atoms with van der Waals surface area (Å²) < 4.78 is 5.89. The second-order valence-electron chi connectivity index (χ2n) is 4.68. The Morgan fingerprint density at radius 3 is 2.44 bits per heavy atom. The average Bonchev–Trinajstić information content (AvgIpc) is 2.34. The van der Waals surface area contributed by atoms with Gasteiger partial charge in [0.15, 0.2) is 5.60 Å². The van der Waals surface area contributed by atoms with E-state index in [9.17, 15) is 4.79 Å². The number of ether oxygens (including phenoxy) is 1. The fourth-order valence-electron chi connectivity index (χ4n) is 2.08. The molecule has 1 radical (unpaired) electrons. The van der Waals surface area contributed by atoms with Crippen LogP contribution in [-0.4, -0.2) is 12.0 Å². The van der Waals surface area contributed by atoms with Crippen LogP contribution < -0.4 is 5.73 Å². The van der Waals surface area contributed by atoms with Crippen molar-refractivity contribution in [2.75, 3.05) is 0 Å². The van der Waals surface area contributed by atoms with Gasteiger partial charge in [-0.15, -0.1) is 0 Å². The highest BCUT2D eigenvalue weighted by Gasteiger charge is 2.39. The van der Waals surface area contributed by atoms with Gasteiger partial charge in [0, 0.05) is 0 Å². The van der Waals surface area contributed by atoms with Crippen LogP contribution in [-0.2, 0) is 15.1 Å². The minimum Gasteiger partial charge on any atom is -0.367 e. The van der Waals surface area contributed by atoms with Crippen molar-refractivity contribution in [3.8, 4) is 0 Å². The lowest BCUT2D eigenvalue weighted by Crippen LogP contribution is -2.45. The molecule has 1 atom stereocenters. The summed E-state index contributed by atoms with van der Waals surface area (Å²) in [6.45, 7) is 7.63. The Labute approximate surface area is 109 Å². The first-order chi connectivity index (χ1) is 8.53. The van der Waals surface area contributed by atoms with Crippen LogP contribution in [0, 0.1) is 6.92 Å². The van der Waals surface area contributed by atoms with Gasteiger partial charge in [-0.2, -0.15) is 0 Å². The third-order valence-electron chi connectivity index (χ3n) is 2.85. The summed E-state index contributed by atoms with van der Waals surface area (Å²) in [5.74, 6) is -0.434. The molecule has 99 valence electrons. The second kappa shape index (κ2) is 6.55. The van der Waals surface area contributed by atoms with Gasteiger partial charge in [-0.1, -0.05) is 43.7 Å². The van der Waals surface area contributed by atoms with Gasteiger partial charge >= 0.3 is 0 Å². The topological polar surface area (TPSA) is 52.3 Å². The van der Waals surface area contributed by atoms with Gasteiger partial charge in [-0.3, -0.25) is 4.79 Å². The van der Waals surface area contributed by atoms with Gasteiger partial charge in [0.2, 0.25) is 0 Å². The van der Waals surface area contributed by atoms with Crippen molar-refractivity contribution in [2.45, 2.75) is 44.8 Å². The highest BCUT2D eigenvalue weighted by Crippen LogP contribution is 2.32. The number of carbonyl (C=O) groups is 1. The van der Waals surface area contributed by atoms with E-state index in [0.29, 0.717) is 6.42 Å². The zero-order valence-electron chi connectivity index (χ0n) is 11.2. The number of benzene rings is 1. The van der Waals surface area contributed by atoms with E-state index in [0.717, 1.165) is 18.4 Å². The Morgan fingerprint density at radius 2 is 2.00 bits per heavy atom. The molecule has 3 nitrogen and oxygen atoms in total. The molecule has 0 spiro atoms. The molecule has 1 rings (SSSR count). The lowest BCUT2D eigenvalue weighted by molar-refractivity contribution is -0.153. The summed E-state index contributed by atoms with van der Waals surface area (Å²) in [6, 6.07) is 9.46. The summed E-state index contributed by atoms with van der Waals surface area (Å²) in [7, 11) is 0. The lowest BCUT2D eigenvalue weighted by atomic mass is 9.87. The predicted molar refractivity (Wildman–Crippen MR) is 72.7 cm³/mol. The summed E-state index contributed by atoms with van der Waals surface area (Å²) in [5, 5.41) is 0. The normalized spacial score (nSPS) is 14.4. The van der Waals surface area contributed by atoms with Crippen LogP contribution in [0.5, 0.6) is 0 Å². The first-order valence-electron chi connectivity index (χ1n) is 6.35. The smallest absolute Gasteiger partial charge is 0.254 e. The van der Waals surface area contributed by atoms with Gasteiger partial charge in [-0.25, -0.2) is 0 Å². The van der Waals surface area contributed by atoms with E-state index in [1.807, 2.05) is 44.2 Å². The Kier molecular flexibility index (Phi) is 5.35. The maximum absolute atomic E-state index is 11.9. The lowest BCUT2D eigenvalue weighted by Gasteiger charge is -2.33. The van der Waals surface area contributed by atoms with E-state index < -0.39 is 11.5 Å². The third-order valence-corrected chi connectivity index (χ3v) is 2.85. The quantitative estimate of drug-likeness (QED) is 0.806. The molecule has 1 aromatic rings. The minimum absolute atomic E-state index is 0.0671. The summed E-state index contributed by atoms with van der Waals surface area (Å²) >= 11 is 0. The molecule has 0 bridgehead atoms. The number of hydrogen-bond donors (Lipinski definition) is 1. The molecule has 0 aliphatic heterocycles. The van der Waals surface area contributed by atoms with Gasteiger partial charge < -0.3 is 10.5 Å².